The largest absolute Gasteiger partial charge is 0.355 e. The van der Waals surface area contributed by atoms with Crippen molar-refractivity contribution in [2.45, 2.75) is 51.5 Å². The maximum absolute atomic E-state index is 4.48. The number of likely N-dealkylation sites (tertiary alicyclic amines) is 1. The molecule has 1 heterocycles. The van der Waals surface area contributed by atoms with E-state index in [2.05, 4.69) is 27.0 Å². The Hall–Kier alpha value is -0.770. The fraction of sp³-hybridized carbons (Fsp3) is 0.941. The number of nitrogens with one attached hydrogen (secondary N) is 1. The van der Waals surface area contributed by atoms with E-state index in [4.69, 9.17) is 0 Å². The number of hydrogen-bond acceptors (Lipinski definition) is 2. The summed E-state index contributed by atoms with van der Waals surface area (Å²) in [5.74, 6) is 3.00. The van der Waals surface area contributed by atoms with E-state index in [0.717, 1.165) is 43.5 Å². The zero-order chi connectivity index (χ0) is 14.7. The molecular weight excluding hydrogens is 260 g/mol. The molecule has 0 bridgehead atoms. The average molecular weight is 292 g/mol. The van der Waals surface area contributed by atoms with Crippen LogP contribution < -0.4 is 5.32 Å². The van der Waals surface area contributed by atoms with Gasteiger partial charge in [0.15, 0.2) is 5.96 Å². The molecule has 0 unspecified atom stereocenters. The van der Waals surface area contributed by atoms with Crippen molar-refractivity contribution in [3.05, 3.63) is 0 Å². The maximum atomic E-state index is 4.48. The van der Waals surface area contributed by atoms with Crippen LogP contribution in [-0.4, -0.2) is 61.6 Å². The van der Waals surface area contributed by atoms with Gasteiger partial charge in [-0.15, -0.1) is 0 Å². The lowest BCUT2D eigenvalue weighted by Crippen LogP contribution is -2.47. The Morgan fingerprint density at radius 1 is 1.14 bits per heavy atom. The number of hydrogen-bond donors (Lipinski definition) is 1. The molecule has 1 saturated heterocycles. The van der Waals surface area contributed by atoms with Gasteiger partial charge in [-0.3, -0.25) is 9.89 Å². The van der Waals surface area contributed by atoms with Crippen LogP contribution in [0.3, 0.4) is 0 Å². The summed E-state index contributed by atoms with van der Waals surface area (Å²) >= 11 is 0. The third-order valence-electron chi connectivity index (χ3n) is 5.23. The van der Waals surface area contributed by atoms with E-state index in [-0.39, 0.29) is 0 Å². The SMILES string of the molecule is CN=C(NCCN(CC1CC1)C1CC1)N1CCC(C)CC1. The van der Waals surface area contributed by atoms with Crippen molar-refractivity contribution >= 4 is 5.96 Å². The van der Waals surface area contributed by atoms with Gasteiger partial charge in [-0.25, -0.2) is 0 Å². The van der Waals surface area contributed by atoms with Crippen LogP contribution in [0.15, 0.2) is 4.99 Å². The number of rotatable bonds is 6. The highest BCUT2D eigenvalue weighted by Crippen LogP contribution is 2.34. The molecule has 4 nitrogen and oxygen atoms in total. The van der Waals surface area contributed by atoms with E-state index >= 15 is 0 Å². The predicted molar refractivity (Wildman–Crippen MR) is 88.7 cm³/mol. The standard InChI is InChI=1S/C17H32N4/c1-14-7-10-20(11-8-14)17(18-2)19-9-12-21(16-5-6-16)13-15-3-4-15/h14-16H,3-13H2,1-2H3,(H,18,19). The Labute approximate surface area is 130 Å². The minimum absolute atomic E-state index is 0.878. The molecule has 0 amide bonds. The summed E-state index contributed by atoms with van der Waals surface area (Å²) in [6.45, 7) is 8.25. The molecule has 1 N–H and O–H groups in total. The van der Waals surface area contributed by atoms with E-state index in [0.29, 0.717) is 0 Å². The molecule has 3 fully saturated rings. The van der Waals surface area contributed by atoms with Crippen LogP contribution >= 0.6 is 0 Å². The van der Waals surface area contributed by atoms with Crippen LogP contribution in [-0.2, 0) is 0 Å². The first kappa shape index (κ1) is 15.1. The normalized spacial score (nSPS) is 24.7. The smallest absolute Gasteiger partial charge is 0.193 e. The van der Waals surface area contributed by atoms with Gasteiger partial charge in [0, 0.05) is 45.8 Å². The van der Waals surface area contributed by atoms with Crippen molar-refractivity contribution in [2.75, 3.05) is 39.8 Å². The monoisotopic (exact) mass is 292 g/mol. The lowest BCUT2D eigenvalue weighted by Gasteiger charge is -2.33. The zero-order valence-corrected chi connectivity index (χ0v) is 13.9. The van der Waals surface area contributed by atoms with Gasteiger partial charge >= 0.3 is 0 Å². The molecule has 0 aromatic carbocycles. The maximum Gasteiger partial charge on any atom is 0.193 e. The van der Waals surface area contributed by atoms with Crippen LogP contribution in [0.5, 0.6) is 0 Å². The number of aliphatic imine (C=N–C) groups is 1. The van der Waals surface area contributed by atoms with Crippen LogP contribution in [0.4, 0.5) is 0 Å². The lowest BCUT2D eigenvalue weighted by atomic mass is 10.00. The van der Waals surface area contributed by atoms with E-state index in [1.807, 2.05) is 7.05 Å². The summed E-state index contributed by atoms with van der Waals surface area (Å²) in [4.78, 5) is 9.63. The minimum atomic E-state index is 0.878. The molecule has 0 aromatic rings. The molecule has 3 aliphatic rings. The van der Waals surface area contributed by atoms with E-state index in [1.165, 1.54) is 51.6 Å². The highest BCUT2D eigenvalue weighted by Gasteiger charge is 2.33. The summed E-state index contributed by atoms with van der Waals surface area (Å²) in [7, 11) is 1.92. The van der Waals surface area contributed by atoms with Gasteiger partial charge in [0.2, 0.25) is 0 Å². The van der Waals surface area contributed by atoms with Crippen LogP contribution in [0, 0.1) is 11.8 Å². The average Bonchev–Trinajstić information content (AvgIpc) is 3.37. The summed E-state index contributed by atoms with van der Waals surface area (Å²) < 4.78 is 0. The molecule has 2 saturated carbocycles. The first-order valence-corrected chi connectivity index (χ1v) is 8.96. The second-order valence-corrected chi connectivity index (χ2v) is 7.31. The third-order valence-corrected chi connectivity index (χ3v) is 5.23. The molecule has 21 heavy (non-hydrogen) atoms. The van der Waals surface area contributed by atoms with Gasteiger partial charge in [-0.2, -0.15) is 0 Å². The molecule has 0 radical (unpaired) electrons. The highest BCUT2D eigenvalue weighted by atomic mass is 15.3. The summed E-state index contributed by atoms with van der Waals surface area (Å²) in [6, 6.07) is 0.894. The third kappa shape index (κ3) is 4.60. The number of nitrogens with zero attached hydrogens (tertiary/aromatic N) is 3. The molecule has 2 aliphatic carbocycles. The van der Waals surface area contributed by atoms with Crippen LogP contribution in [0.2, 0.25) is 0 Å². The molecule has 0 aromatic heterocycles. The first-order chi connectivity index (χ1) is 10.3. The Morgan fingerprint density at radius 2 is 1.86 bits per heavy atom. The van der Waals surface area contributed by atoms with Crippen molar-refractivity contribution < 1.29 is 0 Å². The van der Waals surface area contributed by atoms with Gasteiger partial charge in [0.1, 0.15) is 0 Å². The van der Waals surface area contributed by atoms with Gasteiger partial charge in [0.25, 0.3) is 0 Å². The molecule has 0 atom stereocenters. The fourth-order valence-electron chi connectivity index (χ4n) is 3.36. The molecule has 3 rings (SSSR count). The Kier molecular flexibility index (Phi) is 5.04. The van der Waals surface area contributed by atoms with Gasteiger partial charge < -0.3 is 10.2 Å². The Morgan fingerprint density at radius 3 is 2.43 bits per heavy atom. The highest BCUT2D eigenvalue weighted by molar-refractivity contribution is 5.79. The fourth-order valence-corrected chi connectivity index (χ4v) is 3.36. The van der Waals surface area contributed by atoms with E-state index < -0.39 is 0 Å². The summed E-state index contributed by atoms with van der Waals surface area (Å²) in [6.07, 6.45) is 8.37. The Balaban J connectivity index is 1.39. The summed E-state index contributed by atoms with van der Waals surface area (Å²) in [5, 5.41) is 3.60. The lowest BCUT2D eigenvalue weighted by molar-refractivity contribution is 0.250. The first-order valence-electron chi connectivity index (χ1n) is 8.96. The summed E-state index contributed by atoms with van der Waals surface area (Å²) in [5.41, 5.74) is 0. The van der Waals surface area contributed by atoms with Crippen molar-refractivity contribution in [1.29, 1.82) is 0 Å². The zero-order valence-electron chi connectivity index (χ0n) is 13.9. The predicted octanol–water partition coefficient (Wildman–Crippen LogP) is 2.17. The number of guanidine groups is 1. The molecular formula is C17H32N4. The molecule has 0 spiro atoms. The van der Waals surface area contributed by atoms with Crippen molar-refractivity contribution in [3.63, 3.8) is 0 Å². The van der Waals surface area contributed by atoms with Crippen LogP contribution in [0.1, 0.15) is 45.4 Å². The quantitative estimate of drug-likeness (QED) is 0.601. The van der Waals surface area contributed by atoms with Gasteiger partial charge in [-0.05, 0) is 50.4 Å². The minimum Gasteiger partial charge on any atom is -0.355 e. The molecule has 120 valence electrons. The van der Waals surface area contributed by atoms with Gasteiger partial charge in [0.05, 0.1) is 0 Å². The Bertz CT molecular complexity index is 352. The second kappa shape index (κ2) is 6.99. The van der Waals surface area contributed by atoms with E-state index in [9.17, 15) is 0 Å². The molecule has 1 aliphatic heterocycles. The topological polar surface area (TPSA) is 30.9 Å². The van der Waals surface area contributed by atoms with Gasteiger partial charge in [-0.1, -0.05) is 6.92 Å². The van der Waals surface area contributed by atoms with E-state index in [1.54, 1.807) is 0 Å². The van der Waals surface area contributed by atoms with Crippen molar-refractivity contribution in [1.82, 2.24) is 15.1 Å². The molecule has 4 heteroatoms. The van der Waals surface area contributed by atoms with Crippen molar-refractivity contribution in [3.8, 4) is 0 Å². The van der Waals surface area contributed by atoms with Crippen molar-refractivity contribution in [2.24, 2.45) is 16.8 Å². The second-order valence-electron chi connectivity index (χ2n) is 7.31. The van der Waals surface area contributed by atoms with Crippen LogP contribution in [0.25, 0.3) is 0 Å². The number of piperidine rings is 1.